The van der Waals surface area contributed by atoms with Crippen molar-refractivity contribution in [2.45, 2.75) is 67.0 Å². The van der Waals surface area contributed by atoms with Crippen LogP contribution < -0.4 is 9.44 Å². The highest BCUT2D eigenvalue weighted by Crippen LogP contribution is 2.42. The maximum Gasteiger partial charge on any atom is 0.276 e. The van der Waals surface area contributed by atoms with Gasteiger partial charge >= 0.3 is 0 Å². The summed E-state index contributed by atoms with van der Waals surface area (Å²) in [6.07, 6.45) is 0.701. The van der Waals surface area contributed by atoms with Crippen LogP contribution in [0.1, 0.15) is 54.9 Å². The molecule has 138 valence electrons. The van der Waals surface area contributed by atoms with Gasteiger partial charge in [0.05, 0.1) is 6.04 Å². The van der Waals surface area contributed by atoms with Gasteiger partial charge in [0.25, 0.3) is 10.2 Å². The molecular weight excluding hydrogens is 324 g/mol. The first-order valence-corrected chi connectivity index (χ1v) is 10.0. The van der Waals surface area contributed by atoms with Crippen molar-refractivity contribution >= 4 is 16.0 Å². The van der Waals surface area contributed by atoms with E-state index in [1.165, 1.54) is 18.3 Å². The largest absolute Gasteiger partial charge is 0.332 e. The zero-order valence-corrected chi connectivity index (χ0v) is 17.0. The van der Waals surface area contributed by atoms with Crippen LogP contribution in [0, 0.1) is 10.8 Å². The van der Waals surface area contributed by atoms with E-state index >= 15 is 0 Å². The molecule has 2 rings (SSSR count). The Kier molecular flexibility index (Phi) is 4.94. The number of hydrogen-bond donors (Lipinski definition) is 2. The highest BCUT2D eigenvalue weighted by Gasteiger charge is 2.43. The fourth-order valence-corrected chi connectivity index (χ4v) is 4.50. The van der Waals surface area contributed by atoms with Crippen LogP contribution in [-0.2, 0) is 10.2 Å². The van der Waals surface area contributed by atoms with E-state index in [1.54, 1.807) is 0 Å². The summed E-state index contributed by atoms with van der Waals surface area (Å²) in [6.45, 7) is 15.8. The number of nitrogens with one attached hydrogen (secondary N) is 2. The predicted octanol–water partition coefficient (Wildman–Crippen LogP) is 2.26. The smallest absolute Gasteiger partial charge is 0.276 e. The number of amidine groups is 1. The number of fused-ring (bicyclic) bond motifs is 1. The van der Waals surface area contributed by atoms with Gasteiger partial charge in [-0.05, 0) is 17.9 Å². The van der Waals surface area contributed by atoms with Crippen LogP contribution in [-0.4, -0.2) is 44.8 Å². The van der Waals surface area contributed by atoms with Crippen molar-refractivity contribution in [3.8, 4) is 0 Å². The molecule has 0 radical (unpaired) electrons. The molecule has 0 amide bonds. The zero-order chi connectivity index (χ0) is 18.5. The average molecular weight is 357 g/mol. The summed E-state index contributed by atoms with van der Waals surface area (Å²) in [5.41, 5.74) is 2.46. The molecule has 0 saturated carbocycles. The molecule has 0 aromatic heterocycles. The monoisotopic (exact) mass is 356 g/mol. The van der Waals surface area contributed by atoms with Crippen molar-refractivity contribution in [2.24, 2.45) is 15.8 Å². The second-order valence-corrected chi connectivity index (χ2v) is 10.5. The van der Waals surface area contributed by atoms with Crippen molar-refractivity contribution < 1.29 is 8.42 Å². The van der Waals surface area contributed by atoms with Gasteiger partial charge in [-0.3, -0.25) is 4.99 Å². The van der Waals surface area contributed by atoms with Crippen LogP contribution in [0.5, 0.6) is 0 Å². The second kappa shape index (κ2) is 6.11. The summed E-state index contributed by atoms with van der Waals surface area (Å²) >= 11 is 0. The predicted molar refractivity (Wildman–Crippen MR) is 99.1 cm³/mol. The maximum atomic E-state index is 11.9. The van der Waals surface area contributed by atoms with E-state index < -0.39 is 10.2 Å². The van der Waals surface area contributed by atoms with Crippen LogP contribution in [0.3, 0.4) is 0 Å². The lowest BCUT2D eigenvalue weighted by molar-refractivity contribution is 0.393. The van der Waals surface area contributed by atoms with Crippen molar-refractivity contribution in [3.63, 3.8) is 0 Å². The molecule has 0 spiro atoms. The van der Waals surface area contributed by atoms with E-state index in [9.17, 15) is 8.42 Å². The minimum atomic E-state index is -3.45. The number of hydrogen-bond acceptors (Lipinski definition) is 4. The second-order valence-electron chi connectivity index (χ2n) is 8.83. The van der Waals surface area contributed by atoms with E-state index in [1.807, 2.05) is 0 Å². The fourth-order valence-electron chi connectivity index (χ4n) is 3.78. The molecule has 1 saturated heterocycles. The molecule has 0 aromatic rings. The molecule has 6 nitrogen and oxygen atoms in total. The molecular formula is C17H32N4O2S. The number of rotatable bonds is 3. The van der Waals surface area contributed by atoms with Crippen molar-refractivity contribution in [1.29, 1.82) is 0 Å². The van der Waals surface area contributed by atoms with Crippen LogP contribution >= 0.6 is 0 Å². The molecule has 2 atom stereocenters. The average Bonchev–Trinajstić information content (AvgIpc) is 2.76. The summed E-state index contributed by atoms with van der Waals surface area (Å²) < 4.78 is 28.9. The van der Waals surface area contributed by atoms with E-state index in [0.29, 0.717) is 13.0 Å². The number of aliphatic imine (C=N–C) groups is 1. The Labute approximate surface area is 147 Å². The highest BCUT2D eigenvalue weighted by atomic mass is 32.2. The fraction of sp³-hybridized carbons (Fsp3) is 0.824. The summed E-state index contributed by atoms with van der Waals surface area (Å²) in [7, 11) is -2.03. The summed E-state index contributed by atoms with van der Waals surface area (Å²) in [6, 6.07) is -0.0298. The standard InChI is InChI=1S/C17H32N4O2S/c1-11-14(16(2,3)4)13-9-12(20-24(22,23)18-8)10-21(13)15(19-11)17(5,6)7/h11-12,18,20H,9-10H2,1-8H3/t11-,12?/m0/s1. The van der Waals surface area contributed by atoms with E-state index in [-0.39, 0.29) is 22.9 Å². The third-order valence-corrected chi connectivity index (χ3v) is 5.72. The van der Waals surface area contributed by atoms with Crippen LogP contribution in [0.25, 0.3) is 0 Å². The molecule has 7 heteroatoms. The summed E-state index contributed by atoms with van der Waals surface area (Å²) in [4.78, 5) is 7.23. The highest BCUT2D eigenvalue weighted by molar-refractivity contribution is 7.87. The summed E-state index contributed by atoms with van der Waals surface area (Å²) in [5.74, 6) is 1.05. The van der Waals surface area contributed by atoms with Gasteiger partial charge in [-0.1, -0.05) is 41.5 Å². The number of nitrogens with zero attached hydrogens (tertiary/aromatic N) is 2. The molecule has 2 heterocycles. The normalized spacial score (nSPS) is 25.8. The third-order valence-electron chi connectivity index (χ3n) is 4.54. The lowest BCUT2D eigenvalue weighted by Crippen LogP contribution is -2.46. The Morgan fingerprint density at radius 3 is 2.17 bits per heavy atom. The minimum Gasteiger partial charge on any atom is -0.332 e. The van der Waals surface area contributed by atoms with Gasteiger partial charge in [-0.15, -0.1) is 0 Å². The first kappa shape index (κ1) is 19.4. The minimum absolute atomic E-state index is 0.00329. The van der Waals surface area contributed by atoms with Crippen LogP contribution in [0.15, 0.2) is 16.3 Å². The van der Waals surface area contributed by atoms with Gasteiger partial charge in [0.15, 0.2) is 0 Å². The molecule has 2 aliphatic rings. The first-order chi connectivity index (χ1) is 10.8. The van der Waals surface area contributed by atoms with Crippen molar-refractivity contribution in [3.05, 3.63) is 11.3 Å². The van der Waals surface area contributed by atoms with Gasteiger partial charge in [0, 0.05) is 37.2 Å². The Hall–Kier alpha value is -0.920. The molecule has 2 aliphatic heterocycles. The topological polar surface area (TPSA) is 73.8 Å². The Morgan fingerprint density at radius 1 is 1.12 bits per heavy atom. The Bertz CT molecular complexity index is 666. The Morgan fingerprint density at radius 2 is 1.71 bits per heavy atom. The maximum absolute atomic E-state index is 11.9. The van der Waals surface area contributed by atoms with Gasteiger partial charge in [0.2, 0.25) is 0 Å². The zero-order valence-electron chi connectivity index (χ0n) is 16.2. The van der Waals surface area contributed by atoms with Gasteiger partial charge in [-0.2, -0.15) is 13.1 Å². The molecule has 0 aromatic carbocycles. The van der Waals surface area contributed by atoms with Gasteiger partial charge in [0.1, 0.15) is 5.84 Å². The van der Waals surface area contributed by atoms with Crippen LogP contribution in [0.4, 0.5) is 0 Å². The van der Waals surface area contributed by atoms with Gasteiger partial charge in [-0.25, -0.2) is 4.72 Å². The van der Waals surface area contributed by atoms with E-state index in [4.69, 9.17) is 4.99 Å². The molecule has 2 N–H and O–H groups in total. The van der Waals surface area contributed by atoms with E-state index in [2.05, 4.69) is 62.8 Å². The van der Waals surface area contributed by atoms with Gasteiger partial charge < -0.3 is 4.90 Å². The van der Waals surface area contributed by atoms with Crippen molar-refractivity contribution in [2.75, 3.05) is 13.6 Å². The summed E-state index contributed by atoms with van der Waals surface area (Å²) in [5, 5.41) is 0. The van der Waals surface area contributed by atoms with Crippen molar-refractivity contribution in [1.82, 2.24) is 14.3 Å². The first-order valence-electron chi connectivity index (χ1n) is 8.56. The Balaban J connectivity index is 2.46. The molecule has 1 unspecified atom stereocenters. The quantitative estimate of drug-likeness (QED) is 0.814. The molecule has 0 bridgehead atoms. The lowest BCUT2D eigenvalue weighted by atomic mass is 9.79. The molecule has 24 heavy (non-hydrogen) atoms. The third kappa shape index (κ3) is 3.83. The molecule has 1 fully saturated rings. The van der Waals surface area contributed by atoms with E-state index in [0.717, 1.165) is 5.84 Å². The molecule has 0 aliphatic carbocycles. The SMILES string of the molecule is CNS(=O)(=O)NC1CC2=C(C(C)(C)C)[C@H](C)N=C(C(C)(C)C)N2C1. The van der Waals surface area contributed by atoms with Crippen LogP contribution in [0.2, 0.25) is 0 Å². The lowest BCUT2D eigenvalue weighted by Gasteiger charge is -2.41.